The zero-order valence-corrected chi connectivity index (χ0v) is 15.0. The normalized spacial score (nSPS) is 29.0. The summed E-state index contributed by atoms with van der Waals surface area (Å²) in [6.07, 6.45) is 1.63. The number of fused-ring (bicyclic) bond motifs is 3. The minimum atomic E-state index is -1.31. The summed E-state index contributed by atoms with van der Waals surface area (Å²) in [5.74, 6) is -0.854. The summed E-state index contributed by atoms with van der Waals surface area (Å²) in [7, 11) is 0. The number of aliphatic hydroxyl groups is 3. The number of aryl methyl sites for hydroxylation is 1. The van der Waals surface area contributed by atoms with Gasteiger partial charge in [-0.3, -0.25) is 0 Å². The number of esters is 1. The summed E-state index contributed by atoms with van der Waals surface area (Å²) in [4.78, 5) is 12.7. The lowest BCUT2D eigenvalue weighted by Gasteiger charge is -2.22. The molecule has 0 saturated heterocycles. The van der Waals surface area contributed by atoms with E-state index in [0.717, 1.165) is 0 Å². The maximum absolute atomic E-state index is 12.7. The van der Waals surface area contributed by atoms with Gasteiger partial charge in [0.15, 0.2) is 0 Å². The van der Waals surface area contributed by atoms with Gasteiger partial charge in [-0.05, 0) is 37.8 Å². The lowest BCUT2D eigenvalue weighted by atomic mass is 9.94. The van der Waals surface area contributed by atoms with Crippen LogP contribution in [0, 0.1) is 0 Å². The van der Waals surface area contributed by atoms with Crippen LogP contribution in [-0.2, 0) is 11.2 Å². The Morgan fingerprint density at radius 3 is 2.78 bits per heavy atom. The lowest BCUT2D eigenvalue weighted by molar-refractivity contribution is -0.0447. The maximum atomic E-state index is 12.7. The second-order valence-electron chi connectivity index (χ2n) is 6.90. The molecule has 0 fully saturated rings. The minimum absolute atomic E-state index is 0.0897. The predicted molar refractivity (Wildman–Crippen MR) is 97.5 cm³/mol. The van der Waals surface area contributed by atoms with Crippen molar-refractivity contribution >= 4 is 16.9 Å². The fourth-order valence-electron chi connectivity index (χ4n) is 3.35. The van der Waals surface area contributed by atoms with Crippen molar-refractivity contribution in [2.24, 2.45) is 0 Å². The van der Waals surface area contributed by atoms with E-state index < -0.39 is 30.4 Å². The number of phenolic OH excluding ortho intramolecular Hbond substituents is 1. The zero-order valence-electron chi connectivity index (χ0n) is 15.0. The van der Waals surface area contributed by atoms with E-state index >= 15 is 0 Å². The van der Waals surface area contributed by atoms with E-state index in [1.165, 1.54) is 18.4 Å². The Morgan fingerprint density at radius 2 is 2.00 bits per heavy atom. The van der Waals surface area contributed by atoms with Crippen molar-refractivity contribution in [3.63, 3.8) is 0 Å². The molecule has 2 unspecified atom stereocenters. The van der Waals surface area contributed by atoms with Crippen LogP contribution in [0.2, 0.25) is 0 Å². The third-order valence-electron chi connectivity index (χ3n) is 4.83. The van der Waals surface area contributed by atoms with Crippen LogP contribution in [0.3, 0.4) is 0 Å². The molecule has 1 aliphatic rings. The molecule has 0 aliphatic carbocycles. The van der Waals surface area contributed by atoms with Crippen molar-refractivity contribution in [3.05, 3.63) is 41.7 Å². The molecule has 0 bridgehead atoms. The van der Waals surface area contributed by atoms with Crippen molar-refractivity contribution in [1.29, 1.82) is 0 Å². The lowest BCUT2D eigenvalue weighted by Crippen LogP contribution is -2.36. The van der Waals surface area contributed by atoms with Gasteiger partial charge in [0.05, 0.1) is 12.4 Å². The van der Waals surface area contributed by atoms with Crippen LogP contribution in [0.25, 0.3) is 11.0 Å². The van der Waals surface area contributed by atoms with Gasteiger partial charge in [0.2, 0.25) is 0 Å². The molecular weight excluding hydrogens is 352 g/mol. The predicted octanol–water partition coefficient (Wildman–Crippen LogP) is 2.05. The average Bonchev–Trinajstić information content (AvgIpc) is 3.07. The number of hydrogen-bond acceptors (Lipinski definition) is 7. The highest BCUT2D eigenvalue weighted by molar-refractivity contribution is 6.00. The summed E-state index contributed by atoms with van der Waals surface area (Å²) in [5.41, 5.74) is 1.12. The van der Waals surface area contributed by atoms with Crippen LogP contribution in [0.5, 0.6) is 5.75 Å². The first-order chi connectivity index (χ1) is 12.9. The fourth-order valence-corrected chi connectivity index (χ4v) is 3.35. The van der Waals surface area contributed by atoms with Gasteiger partial charge in [-0.1, -0.05) is 12.2 Å². The molecule has 0 spiro atoms. The third kappa shape index (κ3) is 4.16. The molecule has 4 atom stereocenters. The molecule has 7 nitrogen and oxygen atoms in total. The molecule has 7 heteroatoms. The number of aliphatic hydroxyl groups excluding tert-OH is 3. The Morgan fingerprint density at radius 1 is 1.22 bits per heavy atom. The summed E-state index contributed by atoms with van der Waals surface area (Å²) in [6, 6.07) is 3.10. The molecule has 146 valence electrons. The van der Waals surface area contributed by atoms with Gasteiger partial charge in [-0.25, -0.2) is 4.79 Å². The number of ether oxygens (including phenoxy) is 1. The van der Waals surface area contributed by atoms with Crippen LogP contribution in [0.4, 0.5) is 0 Å². The van der Waals surface area contributed by atoms with Crippen LogP contribution < -0.4 is 0 Å². The summed E-state index contributed by atoms with van der Waals surface area (Å²) in [6.45, 7) is 1.69. The largest absolute Gasteiger partial charge is 0.507 e. The Labute approximate surface area is 156 Å². The smallest absolute Gasteiger partial charge is 0.342 e. The van der Waals surface area contributed by atoms with Gasteiger partial charge in [-0.15, -0.1) is 0 Å². The molecule has 3 rings (SSSR count). The summed E-state index contributed by atoms with van der Waals surface area (Å²) in [5, 5.41) is 41.2. The highest BCUT2D eigenvalue weighted by Crippen LogP contribution is 2.33. The van der Waals surface area contributed by atoms with Gasteiger partial charge in [0.1, 0.15) is 35.2 Å². The topological polar surface area (TPSA) is 120 Å². The van der Waals surface area contributed by atoms with E-state index in [1.54, 1.807) is 19.1 Å². The number of benzene rings is 1. The molecule has 2 aromatic rings. The van der Waals surface area contributed by atoms with Crippen molar-refractivity contribution in [1.82, 2.24) is 0 Å². The quantitative estimate of drug-likeness (QED) is 0.410. The van der Waals surface area contributed by atoms with E-state index in [2.05, 4.69) is 0 Å². The minimum Gasteiger partial charge on any atom is -0.507 e. The van der Waals surface area contributed by atoms with Crippen LogP contribution in [0.15, 0.2) is 35.0 Å². The Bertz CT molecular complexity index is 838. The van der Waals surface area contributed by atoms with Gasteiger partial charge in [-0.2, -0.15) is 0 Å². The van der Waals surface area contributed by atoms with E-state index in [4.69, 9.17) is 9.15 Å². The molecule has 0 saturated carbocycles. The SMILES string of the molecule is C[C@H]1C/C=C\C(O)C(O)[C@@H](O)CCCc2c(c(O)cc3occc23)C(=O)O1. The second kappa shape index (κ2) is 8.12. The third-order valence-corrected chi connectivity index (χ3v) is 4.83. The number of hydrogen-bond donors (Lipinski definition) is 4. The van der Waals surface area contributed by atoms with Crippen molar-refractivity contribution in [3.8, 4) is 5.75 Å². The number of rotatable bonds is 0. The van der Waals surface area contributed by atoms with E-state index in [9.17, 15) is 25.2 Å². The van der Waals surface area contributed by atoms with E-state index in [-0.39, 0.29) is 17.7 Å². The Balaban J connectivity index is 2.00. The first kappa shape index (κ1) is 19.4. The molecular formula is C20H24O7. The van der Waals surface area contributed by atoms with Gasteiger partial charge < -0.3 is 29.6 Å². The van der Waals surface area contributed by atoms with Crippen molar-refractivity contribution < 1.29 is 34.4 Å². The molecule has 0 radical (unpaired) electrons. The standard InChI is InChI=1S/C20H24O7/c1-11-4-2-6-14(21)19(24)15(22)7-3-5-13-12-8-9-26-17(12)10-16(23)18(13)20(25)27-11/h2,6,8-11,14-15,19,21-24H,3-5,7H2,1H3/b6-2-/t11-,14?,15-,19?/m0/s1. The van der Waals surface area contributed by atoms with Crippen molar-refractivity contribution in [2.75, 3.05) is 0 Å². The molecule has 1 aromatic carbocycles. The highest BCUT2D eigenvalue weighted by atomic mass is 16.5. The second-order valence-corrected chi connectivity index (χ2v) is 6.90. The monoisotopic (exact) mass is 376 g/mol. The van der Waals surface area contributed by atoms with E-state index in [0.29, 0.717) is 35.8 Å². The first-order valence-electron chi connectivity index (χ1n) is 9.02. The number of aromatic hydroxyl groups is 1. The summed E-state index contributed by atoms with van der Waals surface area (Å²) < 4.78 is 10.8. The molecule has 1 aliphatic heterocycles. The fraction of sp³-hybridized carbons (Fsp3) is 0.450. The Kier molecular flexibility index (Phi) is 5.84. The molecule has 0 amide bonds. The van der Waals surface area contributed by atoms with Gasteiger partial charge in [0, 0.05) is 17.9 Å². The number of carbonyl (C=O) groups is 1. The molecule has 27 heavy (non-hydrogen) atoms. The molecule has 1 aromatic heterocycles. The first-order valence-corrected chi connectivity index (χ1v) is 9.02. The summed E-state index contributed by atoms with van der Waals surface area (Å²) >= 11 is 0. The van der Waals surface area contributed by atoms with Crippen LogP contribution in [0.1, 0.15) is 42.1 Å². The van der Waals surface area contributed by atoms with Crippen molar-refractivity contribution in [2.45, 2.75) is 57.0 Å². The molecule has 2 heterocycles. The van der Waals surface area contributed by atoms with Gasteiger partial charge in [0.25, 0.3) is 0 Å². The number of carbonyl (C=O) groups excluding carboxylic acids is 1. The number of furan rings is 1. The Hall–Kier alpha value is -2.35. The number of phenols is 1. The zero-order chi connectivity index (χ0) is 19.6. The van der Waals surface area contributed by atoms with Gasteiger partial charge >= 0.3 is 5.97 Å². The maximum Gasteiger partial charge on any atom is 0.342 e. The highest BCUT2D eigenvalue weighted by Gasteiger charge is 2.26. The van der Waals surface area contributed by atoms with E-state index in [1.807, 2.05) is 0 Å². The number of cyclic esters (lactones) is 1. The average molecular weight is 376 g/mol. The van der Waals surface area contributed by atoms with Crippen LogP contribution >= 0.6 is 0 Å². The molecule has 4 N–H and O–H groups in total. The van der Waals surface area contributed by atoms with Crippen LogP contribution in [-0.4, -0.2) is 50.8 Å².